The molecule has 12 atom stereocenters. The fourth-order valence-corrected chi connectivity index (χ4v) is 9.54. The smallest absolute Gasteiger partial charge is 0.410 e. The Hall–Kier alpha value is -3.79. The number of cyclic esters (lactones) is 1. The van der Waals surface area contributed by atoms with Gasteiger partial charge in [-0.2, -0.15) is 0 Å². The van der Waals surface area contributed by atoms with Gasteiger partial charge in [0.25, 0.3) is 0 Å². The molecule has 0 aromatic heterocycles. The van der Waals surface area contributed by atoms with Crippen molar-refractivity contribution in [1.29, 1.82) is 0 Å². The molecule has 1 unspecified atom stereocenters. The quantitative estimate of drug-likeness (QED) is 0.276. The van der Waals surface area contributed by atoms with Gasteiger partial charge < -0.3 is 33.7 Å². The molecule has 2 aromatic rings. The van der Waals surface area contributed by atoms with Crippen LogP contribution in [0.15, 0.2) is 53.0 Å². The number of aliphatic hydroxyl groups is 1. The molecular formula is C45H61N3O8. The normalized spacial score (nSPS) is 37.7. The summed E-state index contributed by atoms with van der Waals surface area (Å²) in [6.45, 7) is 18.5. The summed E-state index contributed by atoms with van der Waals surface area (Å²) in [4.78, 5) is 36.0. The maximum Gasteiger partial charge on any atom is 0.410 e. The van der Waals surface area contributed by atoms with Crippen LogP contribution < -0.4 is 0 Å². The van der Waals surface area contributed by atoms with E-state index in [-0.39, 0.29) is 30.6 Å². The minimum absolute atomic E-state index is 0.0909. The van der Waals surface area contributed by atoms with Gasteiger partial charge in [0.2, 0.25) is 0 Å². The van der Waals surface area contributed by atoms with E-state index >= 15 is 0 Å². The highest BCUT2D eigenvalue weighted by Crippen LogP contribution is 2.43. The van der Waals surface area contributed by atoms with Crippen LogP contribution in [0.25, 0.3) is 10.8 Å². The lowest BCUT2D eigenvalue weighted by atomic mass is 9.74. The van der Waals surface area contributed by atoms with Crippen LogP contribution in [0.5, 0.6) is 0 Å². The number of aliphatic hydroxyl groups excluding tert-OH is 1. The highest BCUT2D eigenvalue weighted by atomic mass is 16.7. The van der Waals surface area contributed by atoms with E-state index in [2.05, 4.69) is 62.9 Å². The average Bonchev–Trinajstić information content (AvgIpc) is 3.26. The molecule has 1 N–H and O–H groups in total. The zero-order valence-electron chi connectivity index (χ0n) is 35.0. The fourth-order valence-electron chi connectivity index (χ4n) is 9.54. The second-order valence-corrected chi connectivity index (χ2v) is 17.2. The van der Waals surface area contributed by atoms with E-state index in [0.717, 1.165) is 22.0 Å². The van der Waals surface area contributed by atoms with Crippen molar-refractivity contribution < 1.29 is 38.4 Å². The van der Waals surface area contributed by atoms with E-state index in [4.69, 9.17) is 28.7 Å². The minimum atomic E-state index is -1.11. The Morgan fingerprint density at radius 1 is 1.04 bits per heavy atom. The largest absolute Gasteiger partial charge is 0.455 e. The summed E-state index contributed by atoms with van der Waals surface area (Å²) in [6.07, 6.45) is -1.02. The minimum Gasteiger partial charge on any atom is -0.455 e. The predicted molar refractivity (Wildman–Crippen MR) is 216 cm³/mol. The van der Waals surface area contributed by atoms with Crippen LogP contribution in [0.3, 0.4) is 0 Å². The number of aliphatic imine (C=N–C) groups is 1. The summed E-state index contributed by atoms with van der Waals surface area (Å²) in [5, 5.41) is 13.9. The van der Waals surface area contributed by atoms with Crippen LogP contribution in [0.1, 0.15) is 79.4 Å². The van der Waals surface area contributed by atoms with Gasteiger partial charge in [-0.05, 0) is 97.3 Å². The first-order chi connectivity index (χ1) is 26.4. The van der Waals surface area contributed by atoms with Gasteiger partial charge in [-0.3, -0.25) is 9.89 Å². The van der Waals surface area contributed by atoms with Gasteiger partial charge in [-0.15, -0.1) is 0 Å². The summed E-state index contributed by atoms with van der Waals surface area (Å²) in [6, 6.07) is 11.9. The Labute approximate surface area is 332 Å². The van der Waals surface area contributed by atoms with E-state index in [1.807, 2.05) is 58.8 Å². The molecule has 2 aromatic carbocycles. The van der Waals surface area contributed by atoms with Gasteiger partial charge in [0.1, 0.15) is 18.8 Å². The van der Waals surface area contributed by atoms with Crippen molar-refractivity contribution in [3.05, 3.63) is 59.2 Å². The molecule has 304 valence electrons. The molecule has 2 saturated heterocycles. The number of rotatable bonds is 5. The first-order valence-corrected chi connectivity index (χ1v) is 20.1. The monoisotopic (exact) mass is 771 g/mol. The molecule has 2 bridgehead atoms. The van der Waals surface area contributed by atoms with Gasteiger partial charge in [-0.1, -0.05) is 68.5 Å². The molecule has 4 aliphatic heterocycles. The maximum atomic E-state index is 13.8. The third kappa shape index (κ3) is 8.41. The van der Waals surface area contributed by atoms with E-state index in [1.54, 1.807) is 18.7 Å². The predicted octanol–water partition coefficient (Wildman–Crippen LogP) is 6.31. The van der Waals surface area contributed by atoms with Crippen LogP contribution in [0.4, 0.5) is 4.79 Å². The number of amides is 1. The average molecular weight is 772 g/mol. The molecular weight excluding hydrogens is 711 g/mol. The molecule has 0 spiro atoms. The van der Waals surface area contributed by atoms with Crippen LogP contribution in [0.2, 0.25) is 0 Å². The standard InChI is InChI=1S/C45H61N3O8/c1-26-14-16-35-24-33(15-17-34(35)21-26)13-12-20-52-44(8)25-29(4)37-31(6)39-45(9,56-43(51)48(39)19-18-46-37)32(7)54-41(50)28(3)22-27(2)40(44)55-42-38(49)36(47(10)11)23-30(5)53-42/h14-17,21-22,24,27,29-32,36,38-40,42,49H,18-20,23,25H2,1-11H3/b28-22-/t27-,29+,30-,31-,32+,36+,38?,39+,40+,42+,44-,45+/m0/s1. The molecule has 0 radical (unpaired) electrons. The maximum absolute atomic E-state index is 13.8. The van der Waals surface area contributed by atoms with Gasteiger partial charge in [-0.25, -0.2) is 9.59 Å². The number of carbonyl (C=O) groups excluding carboxylic acids is 2. The van der Waals surface area contributed by atoms with Gasteiger partial charge in [0.15, 0.2) is 11.9 Å². The highest BCUT2D eigenvalue weighted by Gasteiger charge is 2.59. The van der Waals surface area contributed by atoms with Gasteiger partial charge in [0, 0.05) is 41.3 Å². The summed E-state index contributed by atoms with van der Waals surface area (Å²) in [7, 11) is 3.89. The first kappa shape index (κ1) is 41.8. The second kappa shape index (κ2) is 16.6. The summed E-state index contributed by atoms with van der Waals surface area (Å²) < 4.78 is 32.4. The second-order valence-electron chi connectivity index (χ2n) is 17.2. The van der Waals surface area contributed by atoms with Gasteiger partial charge >= 0.3 is 12.1 Å². The molecule has 2 fully saturated rings. The Bertz CT molecular complexity index is 1920. The number of ether oxygens (including phenoxy) is 5. The highest BCUT2D eigenvalue weighted by molar-refractivity contribution is 5.91. The number of hydrogen-bond acceptors (Lipinski definition) is 10. The van der Waals surface area contributed by atoms with Crippen molar-refractivity contribution in [2.75, 3.05) is 33.8 Å². The first-order valence-electron chi connectivity index (χ1n) is 20.1. The van der Waals surface area contributed by atoms with Crippen LogP contribution in [-0.4, -0.2) is 120 Å². The number of carbonyl (C=O) groups is 2. The molecule has 4 heterocycles. The molecule has 0 aliphatic carbocycles. The lowest BCUT2D eigenvalue weighted by molar-refractivity contribution is -0.295. The lowest BCUT2D eigenvalue weighted by Crippen LogP contribution is -2.59. The molecule has 11 nitrogen and oxygen atoms in total. The van der Waals surface area contributed by atoms with Crippen molar-refractivity contribution in [1.82, 2.24) is 9.80 Å². The number of benzene rings is 2. The summed E-state index contributed by atoms with van der Waals surface area (Å²) in [5.74, 6) is 5.26. The Balaban J connectivity index is 1.41. The molecule has 11 heteroatoms. The van der Waals surface area contributed by atoms with Crippen molar-refractivity contribution in [2.24, 2.45) is 22.7 Å². The van der Waals surface area contributed by atoms with Gasteiger partial charge in [0.05, 0.1) is 30.4 Å². The van der Waals surface area contributed by atoms with Crippen molar-refractivity contribution in [3.8, 4) is 11.8 Å². The van der Waals surface area contributed by atoms with Crippen LogP contribution in [0, 0.1) is 36.5 Å². The molecule has 6 rings (SSSR count). The van der Waals surface area contributed by atoms with Crippen molar-refractivity contribution >= 4 is 28.5 Å². The SMILES string of the molecule is C/C1=C/[C@H](C)[C@@H](O[C@H]2O[C@@H](C)C[C@@H](N(C)C)C2O)[C@@](C)(OCC#Cc2ccc3cc(C)ccc3c2)C[C@@H](C)C2=NCCN3C(=O)O[C@](C)([C@@H](C)OC1=O)[C@H]3[C@H]2C. The summed E-state index contributed by atoms with van der Waals surface area (Å²) >= 11 is 0. The van der Waals surface area contributed by atoms with E-state index in [0.29, 0.717) is 31.5 Å². The zero-order chi connectivity index (χ0) is 40.7. The third-order valence-corrected chi connectivity index (χ3v) is 12.5. The molecule has 0 saturated carbocycles. The number of esters is 1. The van der Waals surface area contributed by atoms with Crippen LogP contribution >= 0.6 is 0 Å². The Kier molecular flexibility index (Phi) is 12.4. The molecule has 56 heavy (non-hydrogen) atoms. The fraction of sp³-hybridized carbons (Fsp3) is 0.622. The number of likely N-dealkylation sites (N-methyl/N-ethyl adjacent to an activating group) is 1. The Morgan fingerprint density at radius 2 is 1.75 bits per heavy atom. The van der Waals surface area contributed by atoms with E-state index in [9.17, 15) is 14.7 Å². The lowest BCUT2D eigenvalue weighted by Gasteiger charge is -2.47. The molecule has 1 amide bonds. The van der Waals surface area contributed by atoms with Crippen molar-refractivity contribution in [3.63, 3.8) is 0 Å². The van der Waals surface area contributed by atoms with Crippen molar-refractivity contribution in [2.45, 2.75) is 129 Å². The van der Waals surface area contributed by atoms with E-state index < -0.39 is 59.8 Å². The number of nitrogens with zero attached hydrogens (tertiary/aromatic N) is 3. The number of fused-ring (bicyclic) bond motifs is 2. The van der Waals surface area contributed by atoms with E-state index in [1.165, 1.54) is 5.56 Å². The zero-order valence-corrected chi connectivity index (χ0v) is 35.0. The number of hydrogen-bond donors (Lipinski definition) is 1. The topological polar surface area (TPSA) is 119 Å². The number of aryl methyl sites for hydroxylation is 1. The Morgan fingerprint density at radius 3 is 2.48 bits per heavy atom. The third-order valence-electron chi connectivity index (χ3n) is 12.5. The van der Waals surface area contributed by atoms with Crippen LogP contribution in [-0.2, 0) is 28.5 Å². The molecule has 4 aliphatic rings. The summed E-state index contributed by atoms with van der Waals surface area (Å²) in [5.41, 5.74) is 1.25.